The van der Waals surface area contributed by atoms with Gasteiger partial charge < -0.3 is 10.2 Å². The Bertz CT molecular complexity index is 735. The third kappa shape index (κ3) is 3.64. The standard InChI is InChI=1S/C18H24N4OS2/c1-21-16-5-4-13(19-12-14-3-2-8-25-14)11-15(16)17(20-21)18(23)22-6-9-24-10-7-22/h2-3,8,13,19H,4-7,9-12H2,1H3. The number of fused-ring (bicyclic) bond motifs is 1. The maximum absolute atomic E-state index is 13.0. The van der Waals surface area contributed by atoms with E-state index in [2.05, 4.69) is 27.9 Å². The van der Waals surface area contributed by atoms with Crippen LogP contribution in [-0.2, 0) is 26.4 Å². The van der Waals surface area contributed by atoms with Crippen LogP contribution in [0.4, 0.5) is 0 Å². The van der Waals surface area contributed by atoms with Crippen LogP contribution in [0.5, 0.6) is 0 Å². The van der Waals surface area contributed by atoms with Crippen molar-refractivity contribution in [2.45, 2.75) is 31.8 Å². The van der Waals surface area contributed by atoms with E-state index in [4.69, 9.17) is 0 Å². The van der Waals surface area contributed by atoms with Gasteiger partial charge in [0.1, 0.15) is 0 Å². The van der Waals surface area contributed by atoms with E-state index in [1.807, 2.05) is 28.4 Å². The van der Waals surface area contributed by atoms with Gasteiger partial charge in [-0.15, -0.1) is 11.3 Å². The first-order chi connectivity index (χ1) is 12.2. The minimum absolute atomic E-state index is 0.121. The van der Waals surface area contributed by atoms with Gasteiger partial charge in [-0.25, -0.2) is 0 Å². The fourth-order valence-electron chi connectivity index (χ4n) is 3.71. The third-order valence-electron chi connectivity index (χ3n) is 5.10. The summed E-state index contributed by atoms with van der Waals surface area (Å²) in [7, 11) is 1.97. The van der Waals surface area contributed by atoms with Crippen LogP contribution in [0.25, 0.3) is 0 Å². The highest BCUT2D eigenvalue weighted by atomic mass is 32.2. The smallest absolute Gasteiger partial charge is 0.274 e. The molecule has 1 amide bonds. The summed E-state index contributed by atoms with van der Waals surface area (Å²) in [6, 6.07) is 4.68. The first-order valence-electron chi connectivity index (χ1n) is 8.90. The van der Waals surface area contributed by atoms with Crippen molar-refractivity contribution in [3.63, 3.8) is 0 Å². The second-order valence-corrected chi connectivity index (χ2v) is 8.96. The molecule has 0 saturated carbocycles. The zero-order valence-electron chi connectivity index (χ0n) is 14.5. The van der Waals surface area contributed by atoms with E-state index in [1.165, 1.54) is 16.1 Å². The van der Waals surface area contributed by atoms with Crippen LogP contribution < -0.4 is 5.32 Å². The highest BCUT2D eigenvalue weighted by Crippen LogP contribution is 2.26. The van der Waals surface area contributed by atoms with Gasteiger partial charge in [-0.1, -0.05) is 6.07 Å². The maximum atomic E-state index is 13.0. The quantitative estimate of drug-likeness (QED) is 0.890. The number of carbonyl (C=O) groups is 1. The molecule has 1 N–H and O–H groups in total. The number of amides is 1. The van der Waals surface area contributed by atoms with E-state index in [1.54, 1.807) is 11.3 Å². The predicted molar refractivity (Wildman–Crippen MR) is 103 cm³/mol. The lowest BCUT2D eigenvalue weighted by Gasteiger charge is -2.27. The van der Waals surface area contributed by atoms with Crippen LogP contribution in [0.2, 0.25) is 0 Å². The van der Waals surface area contributed by atoms with Crippen molar-refractivity contribution >= 4 is 29.0 Å². The van der Waals surface area contributed by atoms with Crippen LogP contribution >= 0.6 is 23.1 Å². The van der Waals surface area contributed by atoms with Crippen molar-refractivity contribution in [2.24, 2.45) is 7.05 Å². The Morgan fingerprint density at radius 1 is 1.40 bits per heavy atom. The summed E-state index contributed by atoms with van der Waals surface area (Å²) in [4.78, 5) is 16.3. The van der Waals surface area contributed by atoms with Crippen LogP contribution in [0.3, 0.4) is 0 Å². The molecule has 2 aliphatic rings. The topological polar surface area (TPSA) is 50.2 Å². The Kier molecular flexibility index (Phi) is 5.15. The number of carbonyl (C=O) groups excluding carboxylic acids is 1. The van der Waals surface area contributed by atoms with E-state index in [-0.39, 0.29) is 5.91 Å². The molecule has 2 aromatic heterocycles. The zero-order chi connectivity index (χ0) is 17.2. The Morgan fingerprint density at radius 2 is 2.24 bits per heavy atom. The number of hydrogen-bond acceptors (Lipinski definition) is 5. The van der Waals surface area contributed by atoms with Gasteiger partial charge in [0.05, 0.1) is 0 Å². The average molecular weight is 377 g/mol. The Balaban J connectivity index is 1.49. The number of aryl methyl sites for hydroxylation is 1. The predicted octanol–water partition coefficient (Wildman–Crippen LogP) is 2.32. The fraction of sp³-hybridized carbons (Fsp3) is 0.556. The number of hydrogen-bond donors (Lipinski definition) is 1. The van der Waals surface area contributed by atoms with Crippen molar-refractivity contribution < 1.29 is 4.79 Å². The summed E-state index contributed by atoms with van der Waals surface area (Å²) < 4.78 is 1.93. The van der Waals surface area contributed by atoms with E-state index in [0.29, 0.717) is 11.7 Å². The van der Waals surface area contributed by atoms with Gasteiger partial charge in [-0.3, -0.25) is 9.48 Å². The van der Waals surface area contributed by atoms with Gasteiger partial charge in [0.25, 0.3) is 5.91 Å². The molecule has 134 valence electrons. The molecular formula is C18H24N4OS2. The van der Waals surface area contributed by atoms with E-state index in [0.717, 1.165) is 50.4 Å². The fourth-order valence-corrected chi connectivity index (χ4v) is 5.27. The summed E-state index contributed by atoms with van der Waals surface area (Å²) in [6.45, 7) is 2.59. The molecule has 0 aromatic carbocycles. The summed E-state index contributed by atoms with van der Waals surface area (Å²) >= 11 is 3.71. The molecule has 2 aromatic rings. The molecule has 7 heteroatoms. The maximum Gasteiger partial charge on any atom is 0.274 e. The second kappa shape index (κ2) is 7.51. The molecule has 1 aliphatic heterocycles. The van der Waals surface area contributed by atoms with Crippen molar-refractivity contribution in [3.8, 4) is 0 Å². The first-order valence-corrected chi connectivity index (χ1v) is 10.9. The van der Waals surface area contributed by atoms with E-state index >= 15 is 0 Å². The molecule has 1 saturated heterocycles. The Labute approximate surface area is 156 Å². The zero-order valence-corrected chi connectivity index (χ0v) is 16.2. The third-order valence-corrected chi connectivity index (χ3v) is 6.92. The average Bonchev–Trinajstić information content (AvgIpc) is 3.28. The van der Waals surface area contributed by atoms with Gasteiger partial charge in [0.15, 0.2) is 5.69 Å². The number of nitrogens with zero attached hydrogens (tertiary/aromatic N) is 3. The molecule has 1 unspecified atom stereocenters. The number of nitrogens with one attached hydrogen (secondary N) is 1. The number of thioether (sulfide) groups is 1. The Morgan fingerprint density at radius 3 is 3.00 bits per heavy atom. The first kappa shape index (κ1) is 17.1. The van der Waals surface area contributed by atoms with Gasteiger partial charge in [-0.2, -0.15) is 16.9 Å². The number of aromatic nitrogens is 2. The van der Waals surface area contributed by atoms with Gasteiger partial charge in [-0.05, 0) is 30.7 Å². The lowest BCUT2D eigenvalue weighted by atomic mass is 9.91. The van der Waals surface area contributed by atoms with Crippen molar-refractivity contribution in [3.05, 3.63) is 39.3 Å². The molecule has 0 radical (unpaired) electrons. The van der Waals surface area contributed by atoms with Crippen LogP contribution in [0.15, 0.2) is 17.5 Å². The molecule has 0 spiro atoms. The molecule has 1 atom stereocenters. The lowest BCUT2D eigenvalue weighted by Crippen LogP contribution is -2.39. The van der Waals surface area contributed by atoms with Crippen molar-refractivity contribution in [1.29, 1.82) is 0 Å². The molecule has 3 heterocycles. The minimum Gasteiger partial charge on any atom is -0.336 e. The molecule has 25 heavy (non-hydrogen) atoms. The Hall–Kier alpha value is -1.31. The van der Waals surface area contributed by atoms with Crippen molar-refractivity contribution in [2.75, 3.05) is 24.6 Å². The monoisotopic (exact) mass is 376 g/mol. The number of thiophene rings is 1. The summed E-state index contributed by atoms with van der Waals surface area (Å²) in [5.41, 5.74) is 3.09. The largest absolute Gasteiger partial charge is 0.336 e. The summed E-state index contributed by atoms with van der Waals surface area (Å²) in [5, 5.41) is 10.4. The van der Waals surface area contributed by atoms with Crippen LogP contribution in [0.1, 0.15) is 33.0 Å². The van der Waals surface area contributed by atoms with E-state index in [9.17, 15) is 4.79 Å². The highest BCUT2D eigenvalue weighted by Gasteiger charge is 2.30. The molecule has 1 fully saturated rings. The summed E-state index contributed by atoms with van der Waals surface area (Å²) in [5.74, 6) is 2.19. The van der Waals surface area contributed by atoms with Gasteiger partial charge in [0.2, 0.25) is 0 Å². The number of rotatable bonds is 4. The normalized spacial score (nSPS) is 20.5. The molecule has 5 nitrogen and oxygen atoms in total. The van der Waals surface area contributed by atoms with Gasteiger partial charge >= 0.3 is 0 Å². The molecule has 4 rings (SSSR count). The summed E-state index contributed by atoms with van der Waals surface area (Å²) in [6.07, 6.45) is 2.99. The minimum atomic E-state index is 0.121. The molecular weight excluding hydrogens is 352 g/mol. The van der Waals surface area contributed by atoms with E-state index < -0.39 is 0 Å². The lowest BCUT2D eigenvalue weighted by molar-refractivity contribution is 0.0764. The van der Waals surface area contributed by atoms with Crippen LogP contribution in [0, 0.1) is 0 Å². The molecule has 1 aliphatic carbocycles. The SMILES string of the molecule is Cn1nc(C(=O)N2CCSCC2)c2c1CCC(NCc1cccs1)C2. The second-order valence-electron chi connectivity index (χ2n) is 6.70. The van der Waals surface area contributed by atoms with Gasteiger partial charge in [0, 0.05) is 60.4 Å². The van der Waals surface area contributed by atoms with Crippen LogP contribution in [-0.4, -0.2) is 51.2 Å². The molecule has 0 bridgehead atoms. The van der Waals surface area contributed by atoms with Crippen molar-refractivity contribution in [1.82, 2.24) is 20.0 Å². The highest BCUT2D eigenvalue weighted by molar-refractivity contribution is 7.99.